The maximum absolute atomic E-state index is 3.58. The molecule has 0 heterocycles. The number of rotatable bonds is 5. The van der Waals surface area contributed by atoms with Gasteiger partial charge in [-0.1, -0.05) is 34.6 Å². The Labute approximate surface area is 121 Å². The van der Waals surface area contributed by atoms with Crippen LogP contribution in [0.2, 0.25) is 0 Å². The molecule has 0 saturated heterocycles. The molecule has 1 N–H and O–H groups in total. The quantitative estimate of drug-likeness (QED) is 0.813. The zero-order valence-electron chi connectivity index (χ0n) is 14.3. The van der Waals surface area contributed by atoms with Crippen LogP contribution in [0.1, 0.15) is 67.2 Å². The molecular formula is C17H36N2. The zero-order valence-corrected chi connectivity index (χ0v) is 14.3. The van der Waals surface area contributed by atoms with Crippen molar-refractivity contribution in [3.8, 4) is 0 Å². The van der Waals surface area contributed by atoms with Gasteiger partial charge >= 0.3 is 0 Å². The van der Waals surface area contributed by atoms with E-state index in [0.29, 0.717) is 23.5 Å². The Hall–Kier alpha value is -0.0800. The van der Waals surface area contributed by atoms with E-state index in [1.807, 2.05) is 0 Å². The lowest BCUT2D eigenvalue weighted by Crippen LogP contribution is -2.55. The molecule has 0 aromatic carbocycles. The summed E-state index contributed by atoms with van der Waals surface area (Å²) in [5.41, 5.74) is 0.450. The molecule has 1 saturated carbocycles. The number of likely N-dealkylation sites (N-methyl/N-ethyl adjacent to an activating group) is 2. The smallest absolute Gasteiger partial charge is 0.0254 e. The molecule has 0 amide bonds. The highest BCUT2D eigenvalue weighted by molar-refractivity contribution is 4.94. The molecule has 0 bridgehead atoms. The first-order valence-corrected chi connectivity index (χ1v) is 8.28. The molecule has 0 radical (unpaired) electrons. The Bertz CT molecular complexity index is 256. The topological polar surface area (TPSA) is 15.3 Å². The maximum Gasteiger partial charge on any atom is 0.0254 e. The summed E-state index contributed by atoms with van der Waals surface area (Å²) >= 11 is 0. The fourth-order valence-corrected chi connectivity index (χ4v) is 3.74. The molecule has 0 spiro atoms. The van der Waals surface area contributed by atoms with Gasteiger partial charge in [-0.2, -0.15) is 0 Å². The second kappa shape index (κ2) is 7.08. The average Bonchev–Trinajstić information content (AvgIpc) is 2.38. The predicted octanol–water partition coefficient (Wildman–Crippen LogP) is 3.91. The van der Waals surface area contributed by atoms with Crippen molar-refractivity contribution in [2.24, 2.45) is 11.3 Å². The van der Waals surface area contributed by atoms with E-state index in [-0.39, 0.29) is 0 Å². The Morgan fingerprint density at radius 3 is 2.26 bits per heavy atom. The summed E-state index contributed by atoms with van der Waals surface area (Å²) in [5.74, 6) is 0.861. The molecule has 19 heavy (non-hydrogen) atoms. The van der Waals surface area contributed by atoms with Crippen molar-refractivity contribution < 1.29 is 0 Å². The summed E-state index contributed by atoms with van der Waals surface area (Å²) in [6.45, 7) is 15.4. The summed E-state index contributed by atoms with van der Waals surface area (Å²) < 4.78 is 0. The van der Waals surface area contributed by atoms with Crippen LogP contribution in [-0.2, 0) is 0 Å². The van der Waals surface area contributed by atoms with E-state index in [0.717, 1.165) is 5.92 Å². The molecule has 4 atom stereocenters. The Kier molecular flexibility index (Phi) is 6.32. The van der Waals surface area contributed by atoms with E-state index in [1.54, 1.807) is 0 Å². The number of hydrogen-bond acceptors (Lipinski definition) is 2. The highest BCUT2D eigenvalue weighted by Crippen LogP contribution is 2.39. The lowest BCUT2D eigenvalue weighted by Gasteiger charge is -2.47. The fraction of sp³-hybridized carbons (Fsp3) is 1.00. The van der Waals surface area contributed by atoms with Gasteiger partial charge in [0.15, 0.2) is 0 Å². The zero-order chi connectivity index (χ0) is 14.6. The lowest BCUT2D eigenvalue weighted by molar-refractivity contribution is 0.0409. The Morgan fingerprint density at radius 2 is 1.84 bits per heavy atom. The van der Waals surface area contributed by atoms with Crippen LogP contribution in [0.3, 0.4) is 0 Å². The first kappa shape index (κ1) is 17.0. The largest absolute Gasteiger partial charge is 0.315 e. The SMILES string of the molecule is CCC(C)N(CC)C1CC(C(C)(C)C)CCC1NC. The van der Waals surface area contributed by atoms with Crippen molar-refractivity contribution in [1.29, 1.82) is 0 Å². The van der Waals surface area contributed by atoms with Crippen LogP contribution >= 0.6 is 0 Å². The first-order valence-electron chi connectivity index (χ1n) is 8.28. The molecule has 1 aliphatic carbocycles. The summed E-state index contributed by atoms with van der Waals surface area (Å²) in [5, 5.41) is 3.58. The van der Waals surface area contributed by atoms with E-state index in [4.69, 9.17) is 0 Å². The first-order chi connectivity index (χ1) is 8.85. The van der Waals surface area contributed by atoms with Crippen LogP contribution in [0.25, 0.3) is 0 Å². The van der Waals surface area contributed by atoms with Crippen LogP contribution in [0.4, 0.5) is 0 Å². The minimum absolute atomic E-state index is 0.450. The van der Waals surface area contributed by atoms with Gasteiger partial charge in [0.2, 0.25) is 0 Å². The van der Waals surface area contributed by atoms with Crippen molar-refractivity contribution >= 4 is 0 Å². The lowest BCUT2D eigenvalue weighted by atomic mass is 9.69. The van der Waals surface area contributed by atoms with Crippen LogP contribution in [0.5, 0.6) is 0 Å². The Morgan fingerprint density at radius 1 is 1.21 bits per heavy atom. The van der Waals surface area contributed by atoms with Crippen molar-refractivity contribution in [3.05, 3.63) is 0 Å². The molecule has 4 unspecified atom stereocenters. The predicted molar refractivity (Wildman–Crippen MR) is 85.6 cm³/mol. The van der Waals surface area contributed by atoms with Crippen LogP contribution < -0.4 is 5.32 Å². The second-order valence-electron chi connectivity index (χ2n) is 7.43. The summed E-state index contributed by atoms with van der Waals surface area (Å²) in [4.78, 5) is 2.74. The molecule has 0 aromatic rings. The van der Waals surface area contributed by atoms with E-state index in [1.165, 1.54) is 32.2 Å². The van der Waals surface area contributed by atoms with E-state index >= 15 is 0 Å². The molecule has 1 rings (SSSR count). The molecule has 2 heteroatoms. The minimum Gasteiger partial charge on any atom is -0.315 e. The van der Waals surface area contributed by atoms with Gasteiger partial charge in [-0.15, -0.1) is 0 Å². The third-order valence-corrected chi connectivity index (χ3v) is 5.36. The van der Waals surface area contributed by atoms with Gasteiger partial charge in [-0.05, 0) is 57.5 Å². The van der Waals surface area contributed by atoms with Gasteiger partial charge in [0.05, 0.1) is 0 Å². The van der Waals surface area contributed by atoms with Crippen molar-refractivity contribution in [2.75, 3.05) is 13.6 Å². The van der Waals surface area contributed by atoms with Crippen LogP contribution in [0, 0.1) is 11.3 Å². The number of nitrogens with one attached hydrogen (secondary N) is 1. The monoisotopic (exact) mass is 268 g/mol. The van der Waals surface area contributed by atoms with Gasteiger partial charge in [-0.3, -0.25) is 4.90 Å². The number of nitrogens with zero attached hydrogens (tertiary/aromatic N) is 1. The number of hydrogen-bond donors (Lipinski definition) is 1. The molecule has 0 aromatic heterocycles. The van der Waals surface area contributed by atoms with Gasteiger partial charge in [-0.25, -0.2) is 0 Å². The van der Waals surface area contributed by atoms with Gasteiger partial charge < -0.3 is 5.32 Å². The minimum atomic E-state index is 0.450. The summed E-state index contributed by atoms with van der Waals surface area (Å²) in [6, 6.07) is 2.08. The molecule has 1 fully saturated rings. The normalized spacial score (nSPS) is 30.6. The van der Waals surface area contributed by atoms with Crippen LogP contribution in [0.15, 0.2) is 0 Å². The molecule has 0 aliphatic heterocycles. The second-order valence-corrected chi connectivity index (χ2v) is 7.43. The third kappa shape index (κ3) is 4.19. The summed E-state index contributed by atoms with van der Waals surface area (Å²) in [7, 11) is 2.14. The van der Waals surface area contributed by atoms with Gasteiger partial charge in [0.25, 0.3) is 0 Å². The maximum atomic E-state index is 3.58. The highest BCUT2D eigenvalue weighted by Gasteiger charge is 2.38. The van der Waals surface area contributed by atoms with Crippen molar-refractivity contribution in [3.63, 3.8) is 0 Å². The standard InChI is InChI=1S/C17H36N2/c1-8-13(3)19(9-2)16-12-14(17(4,5)6)10-11-15(16)18-7/h13-16,18H,8-12H2,1-7H3. The molecular weight excluding hydrogens is 232 g/mol. The van der Waals surface area contributed by atoms with E-state index in [2.05, 4.69) is 58.8 Å². The van der Waals surface area contributed by atoms with Crippen molar-refractivity contribution in [2.45, 2.75) is 85.4 Å². The van der Waals surface area contributed by atoms with Crippen LogP contribution in [-0.4, -0.2) is 36.6 Å². The molecule has 2 nitrogen and oxygen atoms in total. The van der Waals surface area contributed by atoms with Gasteiger partial charge in [0, 0.05) is 18.1 Å². The fourth-order valence-electron chi connectivity index (χ4n) is 3.74. The third-order valence-electron chi connectivity index (χ3n) is 5.36. The molecule has 114 valence electrons. The average molecular weight is 268 g/mol. The Balaban J connectivity index is 2.84. The van der Waals surface area contributed by atoms with E-state index < -0.39 is 0 Å². The van der Waals surface area contributed by atoms with E-state index in [9.17, 15) is 0 Å². The van der Waals surface area contributed by atoms with Gasteiger partial charge in [0.1, 0.15) is 0 Å². The highest BCUT2D eigenvalue weighted by atomic mass is 15.2. The molecule has 1 aliphatic rings. The summed E-state index contributed by atoms with van der Waals surface area (Å²) in [6.07, 6.45) is 5.31. The van der Waals surface area contributed by atoms with Crippen molar-refractivity contribution in [1.82, 2.24) is 10.2 Å².